The lowest BCUT2D eigenvalue weighted by atomic mass is 9.98. The van der Waals surface area contributed by atoms with Crippen molar-refractivity contribution in [3.05, 3.63) is 0 Å². The standard InChI is InChI=1S/C13H23NO6/c1-11(2)16-6-7(18-11)8-13(15,14-5)9-10(17-8)20-12(3,4)19-9/h7-10,14-15H,6H2,1-5H3/t7-,8-,9+,10-,13+/m1/s1. The van der Waals surface area contributed by atoms with Crippen LogP contribution in [0.3, 0.4) is 0 Å². The molecule has 3 heterocycles. The lowest BCUT2D eigenvalue weighted by Gasteiger charge is -2.35. The van der Waals surface area contributed by atoms with E-state index < -0.39 is 35.8 Å². The molecule has 0 spiro atoms. The molecule has 2 N–H and O–H groups in total. The van der Waals surface area contributed by atoms with Gasteiger partial charge < -0.3 is 28.8 Å². The average Bonchev–Trinajstić information content (AvgIpc) is 2.91. The topological polar surface area (TPSA) is 78.4 Å². The Morgan fingerprint density at radius 3 is 2.25 bits per heavy atom. The van der Waals surface area contributed by atoms with Crippen LogP contribution >= 0.6 is 0 Å². The van der Waals surface area contributed by atoms with Crippen molar-refractivity contribution in [3.8, 4) is 0 Å². The molecule has 0 bridgehead atoms. The van der Waals surface area contributed by atoms with Gasteiger partial charge in [-0.05, 0) is 34.7 Å². The minimum Gasteiger partial charge on any atom is -0.370 e. The van der Waals surface area contributed by atoms with Gasteiger partial charge in [0.25, 0.3) is 0 Å². The van der Waals surface area contributed by atoms with Gasteiger partial charge in [0.1, 0.15) is 12.2 Å². The summed E-state index contributed by atoms with van der Waals surface area (Å²) in [6.07, 6.45) is -2.25. The monoisotopic (exact) mass is 289 g/mol. The van der Waals surface area contributed by atoms with E-state index in [0.717, 1.165) is 0 Å². The molecule has 116 valence electrons. The number of likely N-dealkylation sites (N-methyl/N-ethyl adjacent to an activating group) is 1. The highest BCUT2D eigenvalue weighted by Crippen LogP contribution is 2.44. The first kappa shape index (κ1) is 14.6. The lowest BCUT2D eigenvalue weighted by molar-refractivity contribution is -0.252. The summed E-state index contributed by atoms with van der Waals surface area (Å²) in [4.78, 5) is 0. The van der Waals surface area contributed by atoms with Crippen LogP contribution in [0, 0.1) is 0 Å². The fraction of sp³-hybridized carbons (Fsp3) is 1.00. The van der Waals surface area contributed by atoms with Crippen LogP contribution in [-0.4, -0.2) is 60.7 Å². The van der Waals surface area contributed by atoms with Gasteiger partial charge in [-0.3, -0.25) is 5.32 Å². The maximum atomic E-state index is 10.9. The Balaban J connectivity index is 1.81. The molecular weight excluding hydrogens is 266 g/mol. The van der Waals surface area contributed by atoms with Gasteiger partial charge >= 0.3 is 0 Å². The van der Waals surface area contributed by atoms with Gasteiger partial charge in [0.2, 0.25) is 0 Å². The summed E-state index contributed by atoms with van der Waals surface area (Å²) < 4.78 is 28.6. The fourth-order valence-electron chi connectivity index (χ4n) is 3.06. The second-order valence-corrected chi connectivity index (χ2v) is 6.42. The smallest absolute Gasteiger partial charge is 0.192 e. The molecule has 5 atom stereocenters. The Hall–Kier alpha value is -0.280. The van der Waals surface area contributed by atoms with Crippen molar-refractivity contribution >= 4 is 0 Å². The first-order valence-electron chi connectivity index (χ1n) is 6.91. The van der Waals surface area contributed by atoms with Gasteiger partial charge in [-0.25, -0.2) is 0 Å². The van der Waals surface area contributed by atoms with Crippen molar-refractivity contribution in [2.75, 3.05) is 13.7 Å². The Morgan fingerprint density at radius 1 is 1.00 bits per heavy atom. The third-order valence-corrected chi connectivity index (χ3v) is 3.97. The summed E-state index contributed by atoms with van der Waals surface area (Å²) in [5.74, 6) is -1.46. The molecule has 0 aromatic carbocycles. The maximum Gasteiger partial charge on any atom is 0.192 e. The third kappa shape index (κ3) is 2.18. The van der Waals surface area contributed by atoms with E-state index in [-0.39, 0.29) is 6.10 Å². The van der Waals surface area contributed by atoms with Crippen LogP contribution in [-0.2, 0) is 23.7 Å². The van der Waals surface area contributed by atoms with Crippen LogP contribution in [0.4, 0.5) is 0 Å². The molecule has 0 aromatic rings. The van der Waals surface area contributed by atoms with E-state index in [0.29, 0.717) is 6.61 Å². The molecule has 7 heteroatoms. The quantitative estimate of drug-likeness (QED) is 0.689. The second-order valence-electron chi connectivity index (χ2n) is 6.42. The van der Waals surface area contributed by atoms with E-state index in [2.05, 4.69) is 5.32 Å². The van der Waals surface area contributed by atoms with Gasteiger partial charge in [-0.15, -0.1) is 0 Å². The van der Waals surface area contributed by atoms with Gasteiger partial charge in [0, 0.05) is 0 Å². The van der Waals surface area contributed by atoms with Crippen LogP contribution in [0.1, 0.15) is 27.7 Å². The van der Waals surface area contributed by atoms with Crippen LogP contribution in [0.2, 0.25) is 0 Å². The van der Waals surface area contributed by atoms with Gasteiger partial charge in [0.15, 0.2) is 29.7 Å². The van der Waals surface area contributed by atoms with Gasteiger partial charge in [0.05, 0.1) is 6.61 Å². The van der Waals surface area contributed by atoms with E-state index in [4.69, 9.17) is 23.7 Å². The van der Waals surface area contributed by atoms with E-state index in [1.807, 2.05) is 13.8 Å². The molecule has 3 saturated heterocycles. The maximum absolute atomic E-state index is 10.9. The van der Waals surface area contributed by atoms with Crippen LogP contribution < -0.4 is 5.32 Å². The van der Waals surface area contributed by atoms with Gasteiger partial charge in [-0.1, -0.05) is 0 Å². The molecule has 0 saturated carbocycles. The second kappa shape index (κ2) is 4.36. The van der Waals surface area contributed by atoms with Crippen molar-refractivity contribution in [2.45, 2.75) is 69.6 Å². The van der Waals surface area contributed by atoms with E-state index in [1.165, 1.54) is 0 Å². The van der Waals surface area contributed by atoms with Crippen molar-refractivity contribution < 1.29 is 28.8 Å². The van der Waals surface area contributed by atoms with E-state index in [9.17, 15) is 5.11 Å². The fourth-order valence-corrected chi connectivity index (χ4v) is 3.06. The minimum atomic E-state index is -1.38. The molecule has 0 radical (unpaired) electrons. The predicted octanol–water partition coefficient (Wildman–Crippen LogP) is -0.0777. The summed E-state index contributed by atoms with van der Waals surface area (Å²) >= 11 is 0. The van der Waals surface area contributed by atoms with Crippen LogP contribution in [0.25, 0.3) is 0 Å². The molecule has 0 amide bonds. The van der Waals surface area contributed by atoms with Crippen LogP contribution in [0.5, 0.6) is 0 Å². The molecule has 3 rings (SSSR count). The highest BCUT2D eigenvalue weighted by molar-refractivity contribution is 5.06. The Kier molecular flexibility index (Phi) is 3.19. The number of nitrogens with one attached hydrogen (secondary N) is 1. The minimum absolute atomic E-state index is 0.352. The largest absolute Gasteiger partial charge is 0.370 e. The normalized spacial score (nSPS) is 49.5. The molecule has 20 heavy (non-hydrogen) atoms. The summed E-state index contributed by atoms with van der Waals surface area (Å²) in [6.45, 7) is 7.59. The number of hydrogen-bond donors (Lipinski definition) is 2. The molecule has 3 aliphatic rings. The number of fused-ring (bicyclic) bond motifs is 1. The zero-order chi connectivity index (χ0) is 14.8. The van der Waals surface area contributed by atoms with Crippen molar-refractivity contribution in [1.82, 2.24) is 5.32 Å². The SMILES string of the molecule is CN[C@]1(O)[C@@H]([C@H]2COC(C)(C)O2)O[C@@H]2OC(C)(C)O[C@@H]21. The summed E-state index contributed by atoms with van der Waals surface area (Å²) in [6, 6.07) is 0. The molecule has 7 nitrogen and oxygen atoms in total. The van der Waals surface area contributed by atoms with Crippen molar-refractivity contribution in [1.29, 1.82) is 0 Å². The average molecular weight is 289 g/mol. The van der Waals surface area contributed by atoms with Gasteiger partial charge in [-0.2, -0.15) is 0 Å². The predicted molar refractivity (Wildman–Crippen MR) is 67.6 cm³/mol. The first-order chi connectivity index (χ1) is 9.17. The van der Waals surface area contributed by atoms with E-state index >= 15 is 0 Å². The molecule has 3 aliphatic heterocycles. The first-order valence-corrected chi connectivity index (χ1v) is 6.91. The van der Waals surface area contributed by atoms with Crippen molar-refractivity contribution in [3.63, 3.8) is 0 Å². The van der Waals surface area contributed by atoms with Crippen molar-refractivity contribution in [2.24, 2.45) is 0 Å². The zero-order valence-electron chi connectivity index (χ0n) is 12.5. The third-order valence-electron chi connectivity index (χ3n) is 3.97. The zero-order valence-corrected chi connectivity index (χ0v) is 12.5. The Morgan fingerprint density at radius 2 is 1.70 bits per heavy atom. The molecule has 3 fully saturated rings. The molecule has 0 unspecified atom stereocenters. The summed E-state index contributed by atoms with van der Waals surface area (Å²) in [7, 11) is 1.66. The number of rotatable bonds is 2. The summed E-state index contributed by atoms with van der Waals surface area (Å²) in [5.41, 5.74) is -1.38. The molecular formula is C13H23NO6. The number of hydrogen-bond acceptors (Lipinski definition) is 7. The number of ether oxygens (including phenoxy) is 5. The lowest BCUT2D eigenvalue weighted by Crippen LogP contribution is -2.62. The molecule has 0 aliphatic carbocycles. The Bertz CT molecular complexity index is 400. The molecule has 0 aromatic heterocycles. The highest BCUT2D eigenvalue weighted by atomic mass is 16.8. The van der Waals surface area contributed by atoms with E-state index in [1.54, 1.807) is 20.9 Å². The summed E-state index contributed by atoms with van der Waals surface area (Å²) in [5, 5.41) is 13.8. The highest BCUT2D eigenvalue weighted by Gasteiger charge is 2.65. The Labute approximate surface area is 118 Å². The number of aliphatic hydroxyl groups is 1. The van der Waals surface area contributed by atoms with Crippen LogP contribution in [0.15, 0.2) is 0 Å².